The number of halogens is 2. The molecule has 2 N–H and O–H groups in total. The summed E-state index contributed by atoms with van der Waals surface area (Å²) in [5.41, 5.74) is -8.00. The minimum atomic E-state index is -2.49. The van der Waals surface area contributed by atoms with Crippen molar-refractivity contribution in [2.75, 3.05) is 26.4 Å². The van der Waals surface area contributed by atoms with Gasteiger partial charge in [0.05, 0.1) is 19.3 Å². The summed E-state index contributed by atoms with van der Waals surface area (Å²) in [7, 11) is 0. The molecule has 17 nitrogen and oxygen atoms in total. The van der Waals surface area contributed by atoms with E-state index in [0.717, 1.165) is 12.2 Å². The molecule has 0 heterocycles. The Kier molecular flexibility index (Phi) is 11.5. The van der Waals surface area contributed by atoms with Gasteiger partial charge in [-0.1, -0.05) is 19.9 Å². The number of nitrogens with one attached hydrogen (secondary N) is 1. The number of aliphatic hydroxyl groups excluding tert-OH is 1. The molecule has 3 saturated carbocycles. The summed E-state index contributed by atoms with van der Waals surface area (Å²) in [5, 5.41) is 32.6. The van der Waals surface area contributed by atoms with Crippen LogP contribution in [-0.2, 0) is 43.1 Å². The van der Waals surface area contributed by atoms with E-state index < -0.39 is 131 Å². The summed E-state index contributed by atoms with van der Waals surface area (Å²) in [4.78, 5) is 93.4. The summed E-state index contributed by atoms with van der Waals surface area (Å²) in [6.45, 7) is 2.03. The van der Waals surface area contributed by atoms with Crippen LogP contribution in [0, 0.1) is 48.8 Å². The maximum Gasteiger partial charge on any atom is 0.325 e. The number of rotatable bonds is 16. The Morgan fingerprint density at radius 1 is 1.02 bits per heavy atom. The van der Waals surface area contributed by atoms with Gasteiger partial charge in [-0.05, 0) is 62.7 Å². The van der Waals surface area contributed by atoms with Gasteiger partial charge in [-0.15, -0.1) is 20.2 Å². The molecular formula is C32H41F2N3O14. The number of carbonyl (C=O) groups excluding carboxylic acids is 5. The molecule has 9 atom stereocenters. The number of ketones is 2. The molecule has 2 unspecified atom stereocenters. The fourth-order valence-corrected chi connectivity index (χ4v) is 8.91. The molecular weight excluding hydrogens is 688 g/mol. The highest BCUT2D eigenvalue weighted by molar-refractivity contribution is 6.01. The van der Waals surface area contributed by atoms with Crippen LogP contribution in [0.25, 0.3) is 0 Å². The van der Waals surface area contributed by atoms with E-state index >= 15 is 8.78 Å². The molecule has 0 bridgehead atoms. The minimum Gasteiger partial charge on any atom is -0.456 e. The maximum absolute atomic E-state index is 17.7. The topological polar surface area (TPSA) is 241 Å². The van der Waals surface area contributed by atoms with Gasteiger partial charge in [0, 0.05) is 35.5 Å². The van der Waals surface area contributed by atoms with E-state index in [0.29, 0.717) is 0 Å². The molecule has 0 aromatic rings. The first kappa shape index (κ1) is 39.2. The van der Waals surface area contributed by atoms with Gasteiger partial charge >= 0.3 is 11.9 Å². The molecule has 0 spiro atoms. The van der Waals surface area contributed by atoms with Gasteiger partial charge in [0.25, 0.3) is 10.2 Å². The van der Waals surface area contributed by atoms with Gasteiger partial charge in [0.15, 0.2) is 23.7 Å². The number of allylic oxidation sites excluding steroid dienone is 4. The second-order valence-corrected chi connectivity index (χ2v) is 13.9. The molecule has 0 aromatic heterocycles. The molecule has 3 fully saturated rings. The summed E-state index contributed by atoms with van der Waals surface area (Å²) in [6.07, 6.45) is -1.91. The summed E-state index contributed by atoms with van der Waals surface area (Å²) >= 11 is 0. The third kappa shape index (κ3) is 7.16. The molecule has 51 heavy (non-hydrogen) atoms. The Hall–Kier alpha value is -4.55. The number of fused-ring (bicyclic) bond motifs is 5. The van der Waals surface area contributed by atoms with E-state index in [1.807, 2.05) is 0 Å². The maximum atomic E-state index is 17.7. The molecule has 19 heteroatoms. The fourth-order valence-electron chi connectivity index (χ4n) is 8.91. The zero-order valence-electron chi connectivity index (χ0n) is 28.3. The third-order valence-corrected chi connectivity index (χ3v) is 11.1. The monoisotopic (exact) mass is 729 g/mol. The van der Waals surface area contributed by atoms with E-state index in [1.54, 1.807) is 6.92 Å². The van der Waals surface area contributed by atoms with Gasteiger partial charge in [-0.2, -0.15) is 0 Å². The number of hydrogen-bond donors (Lipinski definition) is 2. The van der Waals surface area contributed by atoms with Crippen molar-refractivity contribution in [2.45, 2.75) is 89.3 Å². The van der Waals surface area contributed by atoms with Crippen molar-refractivity contribution in [3.05, 3.63) is 44.0 Å². The third-order valence-electron chi connectivity index (χ3n) is 11.1. The van der Waals surface area contributed by atoms with Crippen molar-refractivity contribution < 1.29 is 67.2 Å². The number of Topliss-reactive ketones (excluding diaryl/α,β-unsaturated/α-hetero) is 1. The average Bonchev–Trinajstić information content (AvgIpc) is 3.27. The molecule has 4 aliphatic carbocycles. The summed E-state index contributed by atoms with van der Waals surface area (Å²) in [5.74, 6) is -7.13. The van der Waals surface area contributed by atoms with Gasteiger partial charge in [0.2, 0.25) is 11.7 Å². The Morgan fingerprint density at radius 2 is 1.65 bits per heavy atom. The van der Waals surface area contributed by atoms with Crippen LogP contribution in [0.2, 0.25) is 0 Å². The zero-order chi connectivity index (χ0) is 37.9. The molecule has 0 aliphatic heterocycles. The first-order valence-corrected chi connectivity index (χ1v) is 16.5. The van der Waals surface area contributed by atoms with Crippen LogP contribution in [0.3, 0.4) is 0 Å². The predicted molar refractivity (Wildman–Crippen MR) is 165 cm³/mol. The number of hydrogen-bond acceptors (Lipinski definition) is 14. The highest BCUT2D eigenvalue weighted by atomic mass is 19.1. The Labute approximate surface area is 290 Å². The van der Waals surface area contributed by atoms with Crippen LogP contribution in [0.5, 0.6) is 0 Å². The summed E-state index contributed by atoms with van der Waals surface area (Å²) in [6, 6.07) is 0. The van der Waals surface area contributed by atoms with Gasteiger partial charge in [0.1, 0.15) is 12.7 Å². The highest BCUT2D eigenvalue weighted by Gasteiger charge is 2.78. The number of amides is 1. The minimum absolute atomic E-state index is 0.0225. The van der Waals surface area contributed by atoms with Gasteiger partial charge in [-0.25, -0.2) is 8.78 Å². The van der Waals surface area contributed by atoms with Crippen LogP contribution in [0.4, 0.5) is 8.78 Å². The Morgan fingerprint density at radius 3 is 2.27 bits per heavy atom. The highest BCUT2D eigenvalue weighted by Crippen LogP contribution is 2.71. The van der Waals surface area contributed by atoms with Crippen molar-refractivity contribution in [1.29, 1.82) is 0 Å². The van der Waals surface area contributed by atoms with E-state index in [9.17, 15) is 49.3 Å². The van der Waals surface area contributed by atoms with Crippen molar-refractivity contribution in [1.82, 2.24) is 5.32 Å². The van der Waals surface area contributed by atoms with Gasteiger partial charge in [-0.3, -0.25) is 24.0 Å². The standard InChI is InChI=1S/C32H41F2N3O14/c1-18-12-20-21-14-23(33)22-13-19(38)8-9-29(22,2)31(21,34)24(39)15-30(20,3)32(18,51-27(42)7-5-11-50-37(46)47)25(40)17-48-28(43)16-35-26(41)6-4-10-49-36(44)45/h8-9,13,18,20-21,23-24,39H,4-7,10-12,14-17H2,1-3H3,(H,35,41)/t18-,20?,21?,23+,24+,29+,30+,31+,32+/m1/s1. The lowest BCUT2D eigenvalue weighted by Crippen LogP contribution is -2.71. The lowest BCUT2D eigenvalue weighted by Gasteiger charge is -2.63. The number of carbonyl (C=O) groups is 5. The van der Waals surface area contributed by atoms with Crippen molar-refractivity contribution in [3.8, 4) is 0 Å². The van der Waals surface area contributed by atoms with E-state index in [-0.39, 0.29) is 37.9 Å². The largest absolute Gasteiger partial charge is 0.456 e. The normalized spacial score (nSPS) is 34.9. The second kappa shape index (κ2) is 15.0. The lowest BCUT2D eigenvalue weighted by atomic mass is 9.44. The van der Waals surface area contributed by atoms with Crippen LogP contribution >= 0.6 is 0 Å². The number of esters is 2. The molecule has 4 aliphatic rings. The first-order chi connectivity index (χ1) is 23.8. The molecule has 282 valence electrons. The van der Waals surface area contributed by atoms with Crippen molar-refractivity contribution in [2.24, 2.45) is 28.6 Å². The molecule has 4 rings (SSSR count). The Bertz CT molecular complexity index is 1520. The van der Waals surface area contributed by atoms with Crippen LogP contribution < -0.4 is 5.32 Å². The second-order valence-electron chi connectivity index (χ2n) is 13.9. The first-order valence-electron chi connectivity index (χ1n) is 16.5. The molecule has 0 saturated heterocycles. The molecule has 0 radical (unpaired) electrons. The van der Waals surface area contributed by atoms with Crippen molar-refractivity contribution >= 4 is 29.4 Å². The van der Waals surface area contributed by atoms with Crippen LogP contribution in [0.15, 0.2) is 23.8 Å². The quantitative estimate of drug-likeness (QED) is 0.100. The van der Waals surface area contributed by atoms with Crippen LogP contribution in [-0.4, -0.2) is 94.6 Å². The molecule has 1 amide bonds. The smallest absolute Gasteiger partial charge is 0.325 e. The number of ether oxygens (including phenoxy) is 2. The number of nitrogens with zero attached hydrogens (tertiary/aromatic N) is 2. The number of alkyl halides is 2. The zero-order valence-corrected chi connectivity index (χ0v) is 28.3. The molecule has 0 aromatic carbocycles. The van der Waals surface area contributed by atoms with E-state index in [4.69, 9.17) is 9.47 Å². The van der Waals surface area contributed by atoms with Crippen molar-refractivity contribution in [3.63, 3.8) is 0 Å². The number of aliphatic hydroxyl groups is 1. The lowest BCUT2D eigenvalue weighted by molar-refractivity contribution is -0.757. The van der Waals surface area contributed by atoms with Crippen LogP contribution in [0.1, 0.15) is 65.7 Å². The van der Waals surface area contributed by atoms with E-state index in [1.165, 1.54) is 19.9 Å². The SMILES string of the molecule is C[C@@H]1CC2C3C[C@H](F)C4=CC(=O)C=C[C@]4(C)[C@@]3(F)[C@@H](O)C[C@]2(C)[C@@]1(OC(=O)CCCO[N+](=O)[O-])C(=O)COC(=O)CNC(=O)CCCO[N+](=O)[O-]. The Balaban J connectivity index is 1.59. The summed E-state index contributed by atoms with van der Waals surface area (Å²) < 4.78 is 44.7. The van der Waals surface area contributed by atoms with Gasteiger partial charge < -0.3 is 29.6 Å². The predicted octanol–water partition coefficient (Wildman–Crippen LogP) is 2.04. The fraction of sp³-hybridized carbons (Fsp3) is 0.719. The van der Waals surface area contributed by atoms with E-state index in [2.05, 4.69) is 15.0 Å². The average molecular weight is 730 g/mol.